The van der Waals surface area contributed by atoms with Crippen LogP contribution in [0.1, 0.15) is 51.9 Å². The maximum Gasteiger partial charge on any atom is 0.305 e. The molecule has 0 aliphatic rings. The average Bonchev–Trinajstić information content (AvgIpc) is 2.17. The average molecular weight is 265 g/mol. The lowest BCUT2D eigenvalue weighted by Crippen LogP contribution is -2.00. The molecule has 0 aromatic rings. The van der Waals surface area contributed by atoms with Crippen molar-refractivity contribution < 1.29 is 9.53 Å². The molecule has 1 unspecified atom stereocenters. The van der Waals surface area contributed by atoms with Crippen LogP contribution >= 0.6 is 15.9 Å². The SMILES string of the molecule is CCCC(Br)CCCCCC(=O)OC. The van der Waals surface area contributed by atoms with Gasteiger partial charge in [0.15, 0.2) is 0 Å². The first kappa shape index (κ1) is 13.9. The summed E-state index contributed by atoms with van der Waals surface area (Å²) in [5, 5.41) is 0. The quantitative estimate of drug-likeness (QED) is 0.380. The van der Waals surface area contributed by atoms with Gasteiger partial charge in [0.1, 0.15) is 0 Å². The summed E-state index contributed by atoms with van der Waals surface area (Å²) in [6.45, 7) is 2.20. The first-order valence-electron chi connectivity index (χ1n) is 5.41. The molecule has 14 heavy (non-hydrogen) atoms. The van der Waals surface area contributed by atoms with Gasteiger partial charge in [-0.25, -0.2) is 0 Å². The number of hydrogen-bond acceptors (Lipinski definition) is 2. The van der Waals surface area contributed by atoms with Gasteiger partial charge in [-0.15, -0.1) is 0 Å². The Kier molecular flexibility index (Phi) is 9.47. The van der Waals surface area contributed by atoms with Crippen LogP contribution in [0, 0.1) is 0 Å². The lowest BCUT2D eigenvalue weighted by molar-refractivity contribution is -0.140. The monoisotopic (exact) mass is 264 g/mol. The van der Waals surface area contributed by atoms with E-state index < -0.39 is 0 Å². The summed E-state index contributed by atoms with van der Waals surface area (Å²) in [5.41, 5.74) is 0. The predicted molar refractivity (Wildman–Crippen MR) is 62.7 cm³/mol. The second kappa shape index (κ2) is 9.50. The van der Waals surface area contributed by atoms with Crippen LogP contribution in [0.4, 0.5) is 0 Å². The van der Waals surface area contributed by atoms with Crippen molar-refractivity contribution in [2.75, 3.05) is 7.11 Å². The minimum atomic E-state index is -0.0889. The van der Waals surface area contributed by atoms with Crippen molar-refractivity contribution in [3.05, 3.63) is 0 Å². The topological polar surface area (TPSA) is 26.3 Å². The fourth-order valence-electron chi connectivity index (χ4n) is 1.37. The molecule has 3 heteroatoms. The summed E-state index contributed by atoms with van der Waals surface area (Å²) >= 11 is 3.64. The van der Waals surface area contributed by atoms with Crippen molar-refractivity contribution in [3.63, 3.8) is 0 Å². The fourth-order valence-corrected chi connectivity index (χ4v) is 2.15. The van der Waals surface area contributed by atoms with Gasteiger partial charge in [-0.05, 0) is 19.3 Å². The third kappa shape index (κ3) is 8.54. The largest absolute Gasteiger partial charge is 0.469 e. The molecule has 0 heterocycles. The molecule has 0 fully saturated rings. The number of hydrogen-bond donors (Lipinski definition) is 0. The number of esters is 1. The highest BCUT2D eigenvalue weighted by molar-refractivity contribution is 9.09. The molecule has 84 valence electrons. The molecule has 0 amide bonds. The molecule has 0 aliphatic carbocycles. The molecule has 0 spiro atoms. The van der Waals surface area contributed by atoms with E-state index in [0.717, 1.165) is 12.8 Å². The zero-order valence-corrected chi connectivity index (χ0v) is 10.8. The number of carbonyl (C=O) groups is 1. The molecule has 0 aliphatic heterocycles. The molecule has 0 saturated carbocycles. The van der Waals surface area contributed by atoms with Crippen LogP contribution in [0.3, 0.4) is 0 Å². The van der Waals surface area contributed by atoms with E-state index >= 15 is 0 Å². The normalized spacial score (nSPS) is 12.5. The Morgan fingerprint density at radius 1 is 1.29 bits per heavy atom. The minimum Gasteiger partial charge on any atom is -0.469 e. The van der Waals surface area contributed by atoms with Crippen LogP contribution in [0.25, 0.3) is 0 Å². The number of ether oxygens (including phenoxy) is 1. The number of carbonyl (C=O) groups excluding carboxylic acids is 1. The van der Waals surface area contributed by atoms with Crippen molar-refractivity contribution in [2.24, 2.45) is 0 Å². The Morgan fingerprint density at radius 3 is 2.57 bits per heavy atom. The van der Waals surface area contributed by atoms with E-state index in [1.807, 2.05) is 0 Å². The minimum absolute atomic E-state index is 0.0889. The predicted octanol–water partition coefficient (Wildman–Crippen LogP) is 3.67. The van der Waals surface area contributed by atoms with Crippen LogP contribution in [0.5, 0.6) is 0 Å². The molecular formula is C11H21BrO2. The molecule has 0 saturated heterocycles. The summed E-state index contributed by atoms with van der Waals surface area (Å²) in [5.74, 6) is -0.0889. The molecule has 1 atom stereocenters. The van der Waals surface area contributed by atoms with Crippen molar-refractivity contribution in [3.8, 4) is 0 Å². The second-order valence-electron chi connectivity index (χ2n) is 3.56. The highest BCUT2D eigenvalue weighted by Crippen LogP contribution is 2.16. The first-order valence-corrected chi connectivity index (χ1v) is 6.33. The summed E-state index contributed by atoms with van der Waals surface area (Å²) < 4.78 is 4.57. The Labute approximate surface area is 95.5 Å². The van der Waals surface area contributed by atoms with Gasteiger partial charge >= 0.3 is 5.97 Å². The van der Waals surface area contributed by atoms with Crippen LogP contribution < -0.4 is 0 Å². The Hall–Kier alpha value is -0.0500. The number of unbranched alkanes of at least 4 members (excludes halogenated alkanes) is 2. The Morgan fingerprint density at radius 2 is 2.00 bits per heavy atom. The molecule has 0 radical (unpaired) electrons. The van der Waals surface area contributed by atoms with Gasteiger partial charge in [-0.2, -0.15) is 0 Å². The summed E-state index contributed by atoms with van der Waals surface area (Å²) in [4.78, 5) is 11.4. The molecule has 0 aromatic carbocycles. The van der Waals surface area contributed by atoms with E-state index in [-0.39, 0.29) is 5.97 Å². The third-order valence-electron chi connectivity index (χ3n) is 2.23. The van der Waals surface area contributed by atoms with E-state index in [1.165, 1.54) is 32.8 Å². The molecular weight excluding hydrogens is 244 g/mol. The summed E-state index contributed by atoms with van der Waals surface area (Å²) in [6, 6.07) is 0. The molecule has 0 N–H and O–H groups in total. The zero-order chi connectivity index (χ0) is 10.8. The summed E-state index contributed by atoms with van der Waals surface area (Å²) in [6.07, 6.45) is 7.55. The molecule has 2 nitrogen and oxygen atoms in total. The maximum absolute atomic E-state index is 10.8. The van der Waals surface area contributed by atoms with Gasteiger partial charge in [0.25, 0.3) is 0 Å². The molecule has 0 aromatic heterocycles. The van der Waals surface area contributed by atoms with E-state index in [2.05, 4.69) is 27.6 Å². The summed E-state index contributed by atoms with van der Waals surface area (Å²) in [7, 11) is 1.44. The van der Waals surface area contributed by atoms with Crippen LogP contribution in [-0.4, -0.2) is 17.9 Å². The number of halogens is 1. The van der Waals surface area contributed by atoms with Crippen molar-refractivity contribution in [2.45, 2.75) is 56.7 Å². The van der Waals surface area contributed by atoms with Crippen molar-refractivity contribution in [1.82, 2.24) is 0 Å². The third-order valence-corrected chi connectivity index (χ3v) is 3.14. The van der Waals surface area contributed by atoms with Gasteiger partial charge in [0.2, 0.25) is 0 Å². The second-order valence-corrected chi connectivity index (χ2v) is 4.86. The molecule has 0 bridgehead atoms. The van der Waals surface area contributed by atoms with Gasteiger partial charge in [0, 0.05) is 11.2 Å². The lowest BCUT2D eigenvalue weighted by atomic mass is 10.1. The number of alkyl halides is 1. The Bertz CT molecular complexity index is 148. The Balaban J connectivity index is 3.17. The molecule has 0 rings (SSSR count). The van der Waals surface area contributed by atoms with Crippen LogP contribution in [-0.2, 0) is 9.53 Å². The van der Waals surface area contributed by atoms with E-state index in [9.17, 15) is 4.79 Å². The number of rotatable bonds is 8. The highest BCUT2D eigenvalue weighted by atomic mass is 79.9. The standard InChI is InChI=1S/C11H21BrO2/c1-3-7-10(12)8-5-4-6-9-11(13)14-2/h10H,3-9H2,1-2H3. The highest BCUT2D eigenvalue weighted by Gasteiger charge is 2.03. The maximum atomic E-state index is 10.8. The van der Waals surface area contributed by atoms with Gasteiger partial charge < -0.3 is 4.74 Å². The fraction of sp³-hybridized carbons (Fsp3) is 0.909. The van der Waals surface area contributed by atoms with Gasteiger partial charge in [-0.1, -0.05) is 42.1 Å². The van der Waals surface area contributed by atoms with Gasteiger partial charge in [0.05, 0.1) is 7.11 Å². The van der Waals surface area contributed by atoms with E-state index in [4.69, 9.17) is 0 Å². The lowest BCUT2D eigenvalue weighted by Gasteiger charge is -2.07. The van der Waals surface area contributed by atoms with E-state index in [1.54, 1.807) is 0 Å². The number of methoxy groups -OCH3 is 1. The van der Waals surface area contributed by atoms with Crippen molar-refractivity contribution >= 4 is 21.9 Å². The smallest absolute Gasteiger partial charge is 0.305 e. The van der Waals surface area contributed by atoms with Crippen LogP contribution in [0.2, 0.25) is 0 Å². The van der Waals surface area contributed by atoms with Gasteiger partial charge in [-0.3, -0.25) is 4.79 Å². The zero-order valence-electron chi connectivity index (χ0n) is 9.22. The first-order chi connectivity index (χ1) is 6.70. The van der Waals surface area contributed by atoms with E-state index in [0.29, 0.717) is 11.2 Å². The van der Waals surface area contributed by atoms with Crippen molar-refractivity contribution in [1.29, 1.82) is 0 Å². The van der Waals surface area contributed by atoms with Crippen LogP contribution in [0.15, 0.2) is 0 Å².